The molecule has 0 saturated carbocycles. The molecule has 1 aliphatic heterocycles. The van der Waals surface area contributed by atoms with Crippen LogP contribution in [0, 0.1) is 13.8 Å². The van der Waals surface area contributed by atoms with Crippen molar-refractivity contribution in [2.24, 2.45) is 0 Å². The van der Waals surface area contributed by atoms with Crippen molar-refractivity contribution in [3.05, 3.63) is 93.1 Å². The van der Waals surface area contributed by atoms with E-state index in [1.54, 1.807) is 42.0 Å². The largest absolute Gasteiger partial charge is 0.503 e. The molecule has 1 unspecified atom stereocenters. The number of hydrogen-bond donors (Lipinski definition) is 1. The van der Waals surface area contributed by atoms with Gasteiger partial charge in [-0.05, 0) is 60.2 Å². The molecular formula is C22H18N2O3S. The highest BCUT2D eigenvalue weighted by atomic mass is 32.1. The number of Topliss-reactive ketones (excluding diaryl/α,β-unsaturated/α-hetero) is 1. The van der Waals surface area contributed by atoms with Gasteiger partial charge in [0.25, 0.3) is 5.91 Å². The number of benzene rings is 1. The summed E-state index contributed by atoms with van der Waals surface area (Å²) in [6.07, 6.45) is 3.25. The van der Waals surface area contributed by atoms with Crippen LogP contribution in [0.4, 0.5) is 5.69 Å². The van der Waals surface area contributed by atoms with Crippen LogP contribution in [0.25, 0.3) is 0 Å². The van der Waals surface area contributed by atoms with Gasteiger partial charge in [0.2, 0.25) is 5.78 Å². The van der Waals surface area contributed by atoms with Crippen molar-refractivity contribution in [1.29, 1.82) is 0 Å². The van der Waals surface area contributed by atoms with Gasteiger partial charge in [-0.3, -0.25) is 19.5 Å². The van der Waals surface area contributed by atoms with Gasteiger partial charge in [-0.15, -0.1) is 11.3 Å². The number of aryl methyl sites for hydroxylation is 2. The first-order valence-corrected chi connectivity index (χ1v) is 9.69. The number of ketones is 1. The van der Waals surface area contributed by atoms with Gasteiger partial charge >= 0.3 is 0 Å². The van der Waals surface area contributed by atoms with Crippen LogP contribution in [-0.4, -0.2) is 21.8 Å². The minimum atomic E-state index is -0.738. The van der Waals surface area contributed by atoms with Crippen LogP contribution in [0.3, 0.4) is 0 Å². The lowest BCUT2D eigenvalue weighted by Crippen LogP contribution is -2.31. The Hall–Kier alpha value is -3.25. The third kappa shape index (κ3) is 2.92. The molecule has 5 nitrogen and oxygen atoms in total. The van der Waals surface area contributed by atoms with E-state index in [0.717, 1.165) is 11.1 Å². The van der Waals surface area contributed by atoms with Gasteiger partial charge in [0.1, 0.15) is 0 Å². The molecule has 6 heteroatoms. The number of rotatable bonds is 4. The van der Waals surface area contributed by atoms with Crippen molar-refractivity contribution in [2.45, 2.75) is 19.9 Å². The predicted molar refractivity (Wildman–Crippen MR) is 109 cm³/mol. The molecule has 3 heterocycles. The lowest BCUT2D eigenvalue weighted by Gasteiger charge is -2.27. The number of aromatic nitrogens is 1. The summed E-state index contributed by atoms with van der Waals surface area (Å²) < 4.78 is 0. The van der Waals surface area contributed by atoms with E-state index in [2.05, 4.69) is 4.98 Å². The fourth-order valence-corrected chi connectivity index (χ4v) is 4.05. The van der Waals surface area contributed by atoms with Crippen LogP contribution in [0.5, 0.6) is 0 Å². The second-order valence-electron chi connectivity index (χ2n) is 6.70. The Morgan fingerprint density at radius 1 is 1.14 bits per heavy atom. The van der Waals surface area contributed by atoms with Crippen LogP contribution >= 0.6 is 11.3 Å². The smallest absolute Gasteiger partial charge is 0.294 e. The molecule has 1 aromatic carbocycles. The maximum absolute atomic E-state index is 13.1. The molecule has 0 saturated heterocycles. The Morgan fingerprint density at radius 3 is 2.61 bits per heavy atom. The molecule has 4 rings (SSSR count). The number of amides is 1. The van der Waals surface area contributed by atoms with Crippen LogP contribution in [0.2, 0.25) is 0 Å². The zero-order valence-corrected chi connectivity index (χ0v) is 16.2. The summed E-state index contributed by atoms with van der Waals surface area (Å²) in [5, 5.41) is 12.5. The standard InChI is InChI=1S/C22H18N2O3S/c1-13-7-8-16(11-14(13)2)24-19(15-5-3-9-23-12-15)18(21(26)22(24)27)20(25)17-6-4-10-28-17/h3-12,19,26H,1-2H3. The normalized spacial score (nSPS) is 16.7. The predicted octanol–water partition coefficient (Wildman–Crippen LogP) is 4.54. The van der Waals surface area contributed by atoms with Crippen LogP contribution < -0.4 is 4.90 Å². The first-order chi connectivity index (χ1) is 13.5. The Labute approximate surface area is 166 Å². The van der Waals surface area contributed by atoms with E-state index in [-0.39, 0.29) is 11.4 Å². The van der Waals surface area contributed by atoms with Crippen molar-refractivity contribution < 1.29 is 14.7 Å². The number of anilines is 1. The number of hydrogen-bond acceptors (Lipinski definition) is 5. The Balaban J connectivity index is 1.89. The summed E-state index contributed by atoms with van der Waals surface area (Å²) in [7, 11) is 0. The highest BCUT2D eigenvalue weighted by Gasteiger charge is 2.45. The van der Waals surface area contributed by atoms with Crippen molar-refractivity contribution in [3.8, 4) is 0 Å². The molecular weight excluding hydrogens is 372 g/mol. The van der Waals surface area contributed by atoms with Gasteiger partial charge in [-0.25, -0.2) is 0 Å². The van der Waals surface area contributed by atoms with E-state index in [4.69, 9.17) is 0 Å². The second kappa shape index (κ2) is 7.05. The van der Waals surface area contributed by atoms with Crippen LogP contribution in [-0.2, 0) is 4.79 Å². The van der Waals surface area contributed by atoms with Gasteiger partial charge < -0.3 is 5.11 Å². The Bertz CT molecular complexity index is 1090. The molecule has 0 radical (unpaired) electrons. The van der Waals surface area contributed by atoms with Gasteiger partial charge in [0, 0.05) is 18.1 Å². The second-order valence-corrected chi connectivity index (χ2v) is 7.65. The monoisotopic (exact) mass is 390 g/mol. The van der Waals surface area contributed by atoms with E-state index in [0.29, 0.717) is 16.1 Å². The maximum Gasteiger partial charge on any atom is 0.294 e. The van der Waals surface area contributed by atoms with Gasteiger partial charge in [-0.1, -0.05) is 18.2 Å². The maximum atomic E-state index is 13.1. The minimum absolute atomic E-state index is 0.0821. The number of carbonyl (C=O) groups is 2. The molecule has 0 spiro atoms. The Morgan fingerprint density at radius 2 is 1.96 bits per heavy atom. The fourth-order valence-electron chi connectivity index (χ4n) is 3.37. The first kappa shape index (κ1) is 18.1. The van der Waals surface area contributed by atoms with Gasteiger partial charge in [0.05, 0.1) is 16.5 Å². The summed E-state index contributed by atoms with van der Waals surface area (Å²) in [5.41, 5.74) is 3.49. The summed E-state index contributed by atoms with van der Waals surface area (Å²) >= 11 is 1.28. The summed E-state index contributed by atoms with van der Waals surface area (Å²) in [5.74, 6) is -1.44. The molecule has 0 fully saturated rings. The van der Waals surface area contributed by atoms with Crippen LogP contribution in [0.1, 0.15) is 32.4 Å². The number of aliphatic hydroxyl groups is 1. The van der Waals surface area contributed by atoms with E-state index < -0.39 is 17.7 Å². The van der Waals surface area contributed by atoms with E-state index >= 15 is 0 Å². The summed E-state index contributed by atoms with van der Waals surface area (Å²) in [4.78, 5) is 32.3. The van der Waals surface area contributed by atoms with E-state index in [1.165, 1.54) is 16.2 Å². The molecule has 140 valence electrons. The number of pyridine rings is 1. The molecule has 28 heavy (non-hydrogen) atoms. The number of carbonyl (C=O) groups excluding carboxylic acids is 2. The molecule has 1 N–H and O–H groups in total. The Kier molecular flexibility index (Phi) is 4.57. The zero-order valence-electron chi connectivity index (χ0n) is 15.4. The molecule has 2 aromatic heterocycles. The first-order valence-electron chi connectivity index (χ1n) is 8.81. The molecule has 1 aliphatic rings. The van der Waals surface area contributed by atoms with Crippen molar-refractivity contribution >= 4 is 28.7 Å². The number of aliphatic hydroxyl groups excluding tert-OH is 1. The quantitative estimate of drug-likeness (QED) is 0.664. The highest BCUT2D eigenvalue weighted by Crippen LogP contribution is 2.42. The zero-order chi connectivity index (χ0) is 19.8. The van der Waals surface area contributed by atoms with Crippen molar-refractivity contribution in [1.82, 2.24) is 4.98 Å². The SMILES string of the molecule is Cc1ccc(N2C(=O)C(O)=C(C(=O)c3cccs3)C2c2cccnc2)cc1C. The minimum Gasteiger partial charge on any atom is -0.503 e. The van der Waals surface area contributed by atoms with E-state index in [1.807, 2.05) is 32.0 Å². The van der Waals surface area contributed by atoms with E-state index in [9.17, 15) is 14.7 Å². The fraction of sp³-hybridized carbons (Fsp3) is 0.136. The topological polar surface area (TPSA) is 70.5 Å². The molecule has 0 aliphatic carbocycles. The highest BCUT2D eigenvalue weighted by molar-refractivity contribution is 7.12. The van der Waals surface area contributed by atoms with Gasteiger partial charge in [-0.2, -0.15) is 0 Å². The third-order valence-electron chi connectivity index (χ3n) is 4.97. The summed E-state index contributed by atoms with van der Waals surface area (Å²) in [6, 6.07) is 11.9. The average molecular weight is 390 g/mol. The molecule has 1 amide bonds. The third-order valence-corrected chi connectivity index (χ3v) is 5.84. The molecule has 0 bridgehead atoms. The lowest BCUT2D eigenvalue weighted by atomic mass is 9.96. The molecule has 1 atom stereocenters. The summed E-state index contributed by atoms with van der Waals surface area (Å²) in [6.45, 7) is 3.95. The molecule has 3 aromatic rings. The lowest BCUT2D eigenvalue weighted by molar-refractivity contribution is -0.117. The van der Waals surface area contributed by atoms with Crippen molar-refractivity contribution in [2.75, 3.05) is 4.90 Å². The average Bonchev–Trinajstić information content (AvgIpc) is 3.32. The number of thiophene rings is 1. The van der Waals surface area contributed by atoms with Crippen LogP contribution in [0.15, 0.2) is 71.6 Å². The van der Waals surface area contributed by atoms with Gasteiger partial charge in [0.15, 0.2) is 5.76 Å². The van der Waals surface area contributed by atoms with Crippen molar-refractivity contribution in [3.63, 3.8) is 0 Å². The number of nitrogens with zero attached hydrogens (tertiary/aromatic N) is 2.